The topological polar surface area (TPSA) is 88.4 Å². The average Bonchev–Trinajstić information content (AvgIpc) is 3.45. The first-order valence-electron chi connectivity index (χ1n) is 14.4. The first-order chi connectivity index (χ1) is 19.0. The summed E-state index contributed by atoms with van der Waals surface area (Å²) in [5.41, 5.74) is 2.35. The summed E-state index contributed by atoms with van der Waals surface area (Å²) in [5, 5.41) is 11.0. The summed E-state index contributed by atoms with van der Waals surface area (Å²) in [4.78, 5) is 31.4. The molecule has 3 atom stereocenters. The summed E-state index contributed by atoms with van der Waals surface area (Å²) in [5.74, 6) is 3.21. The van der Waals surface area contributed by atoms with Gasteiger partial charge in [0.25, 0.3) is 5.69 Å². The fourth-order valence-corrected chi connectivity index (χ4v) is 7.06. The number of nitrogens with zero attached hydrogens (tertiary/aromatic N) is 4. The van der Waals surface area contributed by atoms with Gasteiger partial charge in [0.15, 0.2) is 11.5 Å². The minimum absolute atomic E-state index is 0.0838. The molecule has 0 aromatic heterocycles. The Morgan fingerprint density at radius 1 is 0.949 bits per heavy atom. The second-order valence-electron chi connectivity index (χ2n) is 11.5. The Bertz CT molecular complexity index is 1180. The Hall–Kier alpha value is -3.33. The number of nitro benzene ring substituents is 1. The second kappa shape index (κ2) is 11.4. The fraction of sp³-hybridized carbons (Fsp3) is 0.567. The third-order valence-corrected chi connectivity index (χ3v) is 9.14. The fourth-order valence-electron chi connectivity index (χ4n) is 7.06. The van der Waals surface area contributed by atoms with E-state index in [1.54, 1.807) is 12.1 Å². The third kappa shape index (κ3) is 5.69. The monoisotopic (exact) mass is 534 g/mol. The molecule has 9 nitrogen and oxygen atoms in total. The van der Waals surface area contributed by atoms with Crippen LogP contribution in [0, 0.1) is 27.9 Å². The number of amides is 1. The molecule has 3 aliphatic heterocycles. The van der Waals surface area contributed by atoms with Crippen molar-refractivity contribution in [1.82, 2.24) is 9.80 Å². The summed E-state index contributed by atoms with van der Waals surface area (Å²) < 4.78 is 11.0. The highest BCUT2D eigenvalue weighted by Gasteiger charge is 2.43. The van der Waals surface area contributed by atoms with Gasteiger partial charge in [-0.1, -0.05) is 18.9 Å². The van der Waals surface area contributed by atoms with Gasteiger partial charge >= 0.3 is 0 Å². The Labute approximate surface area is 229 Å². The lowest BCUT2D eigenvalue weighted by Gasteiger charge is -2.47. The van der Waals surface area contributed by atoms with Gasteiger partial charge in [0.05, 0.1) is 10.8 Å². The van der Waals surface area contributed by atoms with Crippen LogP contribution < -0.4 is 14.4 Å². The van der Waals surface area contributed by atoms with E-state index >= 15 is 0 Å². The van der Waals surface area contributed by atoms with Crippen LogP contribution in [0.3, 0.4) is 0 Å². The van der Waals surface area contributed by atoms with Crippen molar-refractivity contribution in [2.45, 2.75) is 38.5 Å². The average molecular weight is 535 g/mol. The van der Waals surface area contributed by atoms with Crippen LogP contribution in [0.15, 0.2) is 42.5 Å². The first kappa shape index (κ1) is 25.9. The van der Waals surface area contributed by atoms with E-state index in [9.17, 15) is 14.9 Å². The number of fused-ring (bicyclic) bond motifs is 2. The van der Waals surface area contributed by atoms with E-state index in [-0.39, 0.29) is 16.5 Å². The van der Waals surface area contributed by atoms with Crippen molar-refractivity contribution >= 4 is 17.3 Å². The molecule has 1 amide bonds. The van der Waals surface area contributed by atoms with Gasteiger partial charge in [-0.25, -0.2) is 0 Å². The number of nitro groups is 1. The SMILES string of the molecule is O=C(C1CN(CCCc2ccc3c(c2)OCO3)CC2CCCCC21)N1CCN(c2ccc([N+](=O)[O-])cc2)CC1. The van der Waals surface area contributed by atoms with Crippen LogP contribution in [0.1, 0.15) is 37.7 Å². The molecule has 3 fully saturated rings. The molecule has 0 spiro atoms. The number of hydrogen-bond acceptors (Lipinski definition) is 7. The van der Waals surface area contributed by atoms with E-state index in [0.29, 0.717) is 37.6 Å². The normalized spacial score (nSPS) is 24.9. The maximum absolute atomic E-state index is 13.9. The Balaban J connectivity index is 1.05. The van der Waals surface area contributed by atoms with Gasteiger partial charge in [0.2, 0.25) is 12.7 Å². The summed E-state index contributed by atoms with van der Waals surface area (Å²) in [6.45, 7) is 6.20. The molecule has 0 N–H and O–H groups in total. The third-order valence-electron chi connectivity index (χ3n) is 9.14. The lowest BCUT2D eigenvalue weighted by Crippen LogP contribution is -2.56. The molecule has 1 aliphatic carbocycles. The van der Waals surface area contributed by atoms with Crippen molar-refractivity contribution in [2.24, 2.45) is 17.8 Å². The predicted molar refractivity (Wildman–Crippen MR) is 148 cm³/mol. The van der Waals surface area contributed by atoms with Crippen molar-refractivity contribution in [3.8, 4) is 11.5 Å². The number of aryl methyl sites for hydroxylation is 1. The second-order valence-corrected chi connectivity index (χ2v) is 11.5. The lowest BCUT2D eigenvalue weighted by atomic mass is 9.69. The number of rotatable bonds is 7. The van der Waals surface area contributed by atoms with Crippen LogP contribution in [-0.4, -0.2) is 73.2 Å². The standard InChI is InChI=1S/C30H38N4O5/c35-30(33-16-14-32(15-17-33)24-8-10-25(11-9-24)34(36)37)27-20-31(19-23-5-1-2-6-26(23)27)13-3-4-22-7-12-28-29(18-22)39-21-38-28/h7-12,18,23,26-27H,1-6,13-17,19-21H2. The molecule has 2 saturated heterocycles. The number of hydrogen-bond donors (Lipinski definition) is 0. The van der Waals surface area contributed by atoms with Crippen molar-refractivity contribution in [3.63, 3.8) is 0 Å². The smallest absolute Gasteiger partial charge is 0.269 e. The molecule has 3 unspecified atom stereocenters. The molecular formula is C30H38N4O5. The molecule has 2 aromatic carbocycles. The zero-order chi connectivity index (χ0) is 26.8. The van der Waals surface area contributed by atoms with Gasteiger partial charge in [-0.15, -0.1) is 0 Å². The van der Waals surface area contributed by atoms with Gasteiger partial charge in [-0.2, -0.15) is 0 Å². The Morgan fingerprint density at radius 2 is 1.72 bits per heavy atom. The molecular weight excluding hydrogens is 496 g/mol. The van der Waals surface area contributed by atoms with Gasteiger partial charge < -0.3 is 24.2 Å². The molecule has 0 radical (unpaired) electrons. The molecule has 0 bridgehead atoms. The zero-order valence-electron chi connectivity index (χ0n) is 22.5. The van der Waals surface area contributed by atoms with Gasteiger partial charge in [0, 0.05) is 57.1 Å². The molecule has 9 heteroatoms. The quantitative estimate of drug-likeness (QED) is 0.386. The van der Waals surface area contributed by atoms with Crippen LogP contribution in [0.5, 0.6) is 11.5 Å². The Morgan fingerprint density at radius 3 is 2.51 bits per heavy atom. The van der Waals surface area contributed by atoms with Crippen LogP contribution >= 0.6 is 0 Å². The summed E-state index contributed by atoms with van der Waals surface area (Å²) in [6, 6.07) is 13.0. The van der Waals surface area contributed by atoms with E-state index < -0.39 is 0 Å². The summed E-state index contributed by atoms with van der Waals surface area (Å²) >= 11 is 0. The van der Waals surface area contributed by atoms with Crippen molar-refractivity contribution < 1.29 is 19.2 Å². The highest BCUT2D eigenvalue weighted by molar-refractivity contribution is 5.80. The van der Waals surface area contributed by atoms with E-state index in [2.05, 4.69) is 26.8 Å². The number of piperidine rings is 1. The van der Waals surface area contributed by atoms with Gasteiger partial charge in [-0.05, 0) is 73.9 Å². The predicted octanol–water partition coefficient (Wildman–Crippen LogP) is 4.34. The number of non-ortho nitro benzene ring substituents is 1. The molecule has 39 heavy (non-hydrogen) atoms. The van der Waals surface area contributed by atoms with Gasteiger partial charge in [-0.3, -0.25) is 14.9 Å². The number of likely N-dealkylation sites (tertiary alicyclic amines) is 1. The number of benzene rings is 2. The van der Waals surface area contributed by atoms with E-state index in [1.165, 1.54) is 31.2 Å². The maximum Gasteiger partial charge on any atom is 0.269 e. The lowest BCUT2D eigenvalue weighted by molar-refractivity contribution is -0.384. The number of ether oxygens (including phenoxy) is 2. The maximum atomic E-state index is 13.9. The number of piperazine rings is 1. The van der Waals surface area contributed by atoms with Crippen molar-refractivity contribution in [3.05, 3.63) is 58.1 Å². The van der Waals surface area contributed by atoms with Crippen molar-refractivity contribution in [1.29, 1.82) is 0 Å². The van der Waals surface area contributed by atoms with E-state index in [0.717, 1.165) is 62.8 Å². The zero-order valence-corrected chi connectivity index (χ0v) is 22.5. The number of anilines is 1. The molecule has 2 aromatic rings. The van der Waals surface area contributed by atoms with Crippen LogP contribution in [0.4, 0.5) is 11.4 Å². The largest absolute Gasteiger partial charge is 0.454 e. The summed E-state index contributed by atoms with van der Waals surface area (Å²) in [7, 11) is 0. The van der Waals surface area contributed by atoms with Crippen LogP contribution in [-0.2, 0) is 11.2 Å². The first-order valence-corrected chi connectivity index (χ1v) is 14.4. The Kier molecular flexibility index (Phi) is 7.59. The highest BCUT2D eigenvalue weighted by Crippen LogP contribution is 2.40. The van der Waals surface area contributed by atoms with E-state index in [1.807, 2.05) is 18.2 Å². The molecule has 6 rings (SSSR count). The minimum atomic E-state index is -0.371. The number of carbonyl (C=O) groups excluding carboxylic acids is 1. The van der Waals surface area contributed by atoms with Crippen LogP contribution in [0.25, 0.3) is 0 Å². The minimum Gasteiger partial charge on any atom is -0.454 e. The van der Waals surface area contributed by atoms with Crippen molar-refractivity contribution in [2.75, 3.05) is 57.5 Å². The van der Waals surface area contributed by atoms with Gasteiger partial charge in [0.1, 0.15) is 0 Å². The van der Waals surface area contributed by atoms with Crippen LogP contribution in [0.2, 0.25) is 0 Å². The molecule has 208 valence electrons. The summed E-state index contributed by atoms with van der Waals surface area (Å²) in [6.07, 6.45) is 6.98. The number of carbonyl (C=O) groups is 1. The molecule has 3 heterocycles. The highest BCUT2D eigenvalue weighted by atomic mass is 16.7. The molecule has 4 aliphatic rings. The van der Waals surface area contributed by atoms with E-state index in [4.69, 9.17) is 9.47 Å². The molecule has 1 saturated carbocycles.